The van der Waals surface area contributed by atoms with Crippen molar-refractivity contribution in [3.05, 3.63) is 17.6 Å². The van der Waals surface area contributed by atoms with E-state index in [2.05, 4.69) is 15.1 Å². The summed E-state index contributed by atoms with van der Waals surface area (Å²) in [6.45, 7) is 5.63. The predicted molar refractivity (Wildman–Crippen MR) is 77.4 cm³/mol. The highest BCUT2D eigenvalue weighted by Crippen LogP contribution is 2.28. The van der Waals surface area contributed by atoms with Crippen LogP contribution in [-0.2, 0) is 10.9 Å². The van der Waals surface area contributed by atoms with Crippen molar-refractivity contribution in [3.8, 4) is 0 Å². The fourth-order valence-electron chi connectivity index (χ4n) is 2.73. The van der Waals surface area contributed by atoms with Gasteiger partial charge in [-0.15, -0.1) is 5.10 Å². The third-order valence-corrected chi connectivity index (χ3v) is 3.83. The van der Waals surface area contributed by atoms with Crippen LogP contribution in [0.5, 0.6) is 0 Å². The Morgan fingerprint density at radius 2 is 2.17 bits per heavy atom. The predicted octanol–water partition coefficient (Wildman–Crippen LogP) is 2.46. The molecule has 0 spiro atoms. The Hall–Kier alpha value is -1.90. The fourth-order valence-corrected chi connectivity index (χ4v) is 2.73. The maximum atomic E-state index is 12.9. The summed E-state index contributed by atoms with van der Waals surface area (Å²) in [5.41, 5.74) is 0.597. The third-order valence-electron chi connectivity index (χ3n) is 3.83. The molecule has 1 aliphatic rings. The molecule has 1 aliphatic heterocycles. The first-order chi connectivity index (χ1) is 10.9. The normalized spacial score (nSPS) is 18.7. The lowest BCUT2D eigenvalue weighted by atomic mass is 10.2. The number of rotatable bonds is 4. The van der Waals surface area contributed by atoms with E-state index in [0.717, 1.165) is 24.0 Å². The van der Waals surface area contributed by atoms with Gasteiger partial charge in [-0.1, -0.05) is 0 Å². The molecule has 1 unspecified atom stereocenters. The van der Waals surface area contributed by atoms with Crippen LogP contribution >= 0.6 is 0 Å². The van der Waals surface area contributed by atoms with E-state index in [1.165, 1.54) is 0 Å². The zero-order valence-corrected chi connectivity index (χ0v) is 13.0. The summed E-state index contributed by atoms with van der Waals surface area (Å²) >= 11 is 0. The number of halogens is 3. The van der Waals surface area contributed by atoms with Gasteiger partial charge in [0.05, 0.1) is 6.10 Å². The molecule has 2 aromatic heterocycles. The Morgan fingerprint density at radius 3 is 2.78 bits per heavy atom. The van der Waals surface area contributed by atoms with E-state index in [1.54, 1.807) is 13.0 Å². The van der Waals surface area contributed by atoms with Crippen molar-refractivity contribution in [2.45, 2.75) is 39.0 Å². The van der Waals surface area contributed by atoms with Crippen molar-refractivity contribution < 1.29 is 17.9 Å². The van der Waals surface area contributed by atoms with Gasteiger partial charge in [0.25, 0.3) is 11.6 Å². The molecule has 2 aromatic rings. The van der Waals surface area contributed by atoms with E-state index in [9.17, 15) is 13.2 Å². The molecule has 0 saturated carbocycles. The Bertz CT molecular complexity index is 694. The number of likely N-dealkylation sites (N-methyl/N-ethyl adjacent to an activating group) is 1. The summed E-state index contributed by atoms with van der Waals surface area (Å²) in [5.74, 6) is -0.670. The second kappa shape index (κ2) is 5.95. The van der Waals surface area contributed by atoms with Crippen LogP contribution in [0.3, 0.4) is 0 Å². The number of fused-ring (bicyclic) bond motifs is 1. The van der Waals surface area contributed by atoms with Crippen LogP contribution in [-0.4, -0.2) is 45.4 Å². The number of hydrogen-bond acceptors (Lipinski definition) is 5. The van der Waals surface area contributed by atoms with Crippen molar-refractivity contribution in [1.29, 1.82) is 0 Å². The van der Waals surface area contributed by atoms with Gasteiger partial charge in [0.2, 0.25) is 0 Å². The molecule has 0 amide bonds. The van der Waals surface area contributed by atoms with E-state index in [-0.39, 0.29) is 11.9 Å². The zero-order valence-electron chi connectivity index (χ0n) is 13.0. The summed E-state index contributed by atoms with van der Waals surface area (Å²) < 4.78 is 45.4. The largest absolute Gasteiger partial charge is 0.453 e. The molecule has 0 aromatic carbocycles. The minimum absolute atomic E-state index is 0.0434. The summed E-state index contributed by atoms with van der Waals surface area (Å²) in [7, 11) is 0. The lowest BCUT2D eigenvalue weighted by Gasteiger charge is -2.26. The summed E-state index contributed by atoms with van der Waals surface area (Å²) in [4.78, 5) is 9.51. The van der Waals surface area contributed by atoms with E-state index >= 15 is 0 Å². The fraction of sp³-hybridized carbons (Fsp3) is 0.643. The lowest BCUT2D eigenvalue weighted by Crippen LogP contribution is -2.33. The van der Waals surface area contributed by atoms with Crippen LogP contribution in [0.15, 0.2) is 6.07 Å². The number of aryl methyl sites for hydroxylation is 1. The maximum absolute atomic E-state index is 12.9. The van der Waals surface area contributed by atoms with E-state index in [0.29, 0.717) is 24.6 Å². The van der Waals surface area contributed by atoms with Gasteiger partial charge in [-0.3, -0.25) is 0 Å². The van der Waals surface area contributed by atoms with Crippen molar-refractivity contribution >= 4 is 11.6 Å². The molecule has 0 N–H and O–H groups in total. The van der Waals surface area contributed by atoms with Crippen molar-refractivity contribution in [2.75, 3.05) is 24.6 Å². The molecule has 23 heavy (non-hydrogen) atoms. The van der Waals surface area contributed by atoms with Crippen LogP contribution in [0.4, 0.5) is 19.0 Å². The number of ether oxygens (including phenoxy) is 1. The van der Waals surface area contributed by atoms with Gasteiger partial charge in [0, 0.05) is 31.5 Å². The molecule has 3 heterocycles. The Balaban J connectivity index is 2.01. The molecule has 1 saturated heterocycles. The molecular formula is C14H18F3N5O. The number of alkyl halides is 3. The molecular weight excluding hydrogens is 311 g/mol. The monoisotopic (exact) mass is 329 g/mol. The van der Waals surface area contributed by atoms with Crippen LogP contribution in [0.25, 0.3) is 5.78 Å². The zero-order chi connectivity index (χ0) is 16.6. The number of aromatic nitrogens is 4. The molecule has 126 valence electrons. The van der Waals surface area contributed by atoms with Gasteiger partial charge in [-0.05, 0) is 26.7 Å². The Morgan fingerprint density at radius 1 is 1.39 bits per heavy atom. The van der Waals surface area contributed by atoms with Crippen LogP contribution in [0.1, 0.15) is 31.3 Å². The van der Waals surface area contributed by atoms with Gasteiger partial charge in [-0.25, -0.2) is 4.98 Å². The topological polar surface area (TPSA) is 55.5 Å². The van der Waals surface area contributed by atoms with Gasteiger partial charge in [0.15, 0.2) is 0 Å². The number of nitrogens with zero attached hydrogens (tertiary/aromatic N) is 5. The first-order valence-corrected chi connectivity index (χ1v) is 7.56. The number of hydrogen-bond donors (Lipinski definition) is 0. The number of anilines is 1. The van der Waals surface area contributed by atoms with Crippen molar-refractivity contribution in [2.24, 2.45) is 0 Å². The highest BCUT2D eigenvalue weighted by molar-refractivity contribution is 5.47. The third kappa shape index (κ3) is 3.24. The second-order valence-electron chi connectivity index (χ2n) is 5.57. The summed E-state index contributed by atoms with van der Waals surface area (Å²) in [6, 6.07) is 1.72. The van der Waals surface area contributed by atoms with E-state index in [1.807, 2.05) is 11.8 Å². The highest BCUT2D eigenvalue weighted by atomic mass is 19.4. The molecule has 9 heteroatoms. The second-order valence-corrected chi connectivity index (χ2v) is 5.57. The lowest BCUT2D eigenvalue weighted by molar-refractivity contribution is -0.144. The van der Waals surface area contributed by atoms with Crippen LogP contribution in [0.2, 0.25) is 0 Å². The molecule has 0 radical (unpaired) electrons. The van der Waals surface area contributed by atoms with Crippen molar-refractivity contribution in [3.63, 3.8) is 0 Å². The SMILES string of the molecule is CCN(CC1CCCO1)c1cc(C)nc2nc(C(F)(F)F)nn12. The minimum atomic E-state index is -4.59. The Kier molecular flexibility index (Phi) is 4.13. The summed E-state index contributed by atoms with van der Waals surface area (Å²) in [5, 5.41) is 3.60. The van der Waals surface area contributed by atoms with Gasteiger partial charge in [0.1, 0.15) is 5.82 Å². The van der Waals surface area contributed by atoms with Gasteiger partial charge in [-0.2, -0.15) is 22.7 Å². The summed E-state index contributed by atoms with van der Waals surface area (Å²) in [6.07, 6.45) is -2.54. The average molecular weight is 329 g/mol. The van der Waals surface area contributed by atoms with Crippen molar-refractivity contribution in [1.82, 2.24) is 19.6 Å². The quantitative estimate of drug-likeness (QED) is 0.862. The van der Waals surface area contributed by atoms with Crippen LogP contribution < -0.4 is 4.90 Å². The molecule has 3 rings (SSSR count). The highest BCUT2D eigenvalue weighted by Gasteiger charge is 2.37. The molecule has 1 atom stereocenters. The van der Waals surface area contributed by atoms with Gasteiger partial charge < -0.3 is 9.64 Å². The maximum Gasteiger partial charge on any atom is 0.453 e. The first kappa shape index (κ1) is 16.0. The molecule has 0 bridgehead atoms. The smallest absolute Gasteiger partial charge is 0.376 e. The first-order valence-electron chi connectivity index (χ1n) is 7.56. The molecule has 6 nitrogen and oxygen atoms in total. The molecule has 1 fully saturated rings. The van der Waals surface area contributed by atoms with E-state index in [4.69, 9.17) is 4.74 Å². The molecule has 0 aliphatic carbocycles. The minimum Gasteiger partial charge on any atom is -0.376 e. The Labute approximate surface area is 131 Å². The van der Waals surface area contributed by atoms with E-state index < -0.39 is 12.0 Å². The average Bonchev–Trinajstić information content (AvgIpc) is 3.12. The van der Waals surface area contributed by atoms with Gasteiger partial charge >= 0.3 is 6.18 Å². The standard InChI is InChI=1S/C14H18F3N5O/c1-3-21(8-10-5-4-6-23-10)11-7-9(2)18-13-19-12(14(15,16)17)20-22(11)13/h7,10H,3-6,8H2,1-2H3. The van der Waals surface area contributed by atoms with Crippen LogP contribution in [0, 0.1) is 6.92 Å².